The predicted octanol–water partition coefficient (Wildman–Crippen LogP) is 4.36. The van der Waals surface area contributed by atoms with Crippen molar-refractivity contribution in [3.05, 3.63) is 89.7 Å². The van der Waals surface area contributed by atoms with E-state index >= 15 is 0 Å². The third kappa shape index (κ3) is 5.23. The van der Waals surface area contributed by atoms with E-state index in [9.17, 15) is 13.2 Å². The maximum Gasteiger partial charge on any atom is 0.268 e. The monoisotopic (exact) mass is 578 g/mol. The van der Waals surface area contributed by atoms with Gasteiger partial charge in [-0.2, -0.15) is 5.10 Å². The summed E-state index contributed by atoms with van der Waals surface area (Å²) in [6.07, 6.45) is 8.19. The van der Waals surface area contributed by atoms with Crippen LogP contribution in [0.15, 0.2) is 78.2 Å². The molecule has 0 aliphatic carbocycles. The molecule has 1 aliphatic heterocycles. The van der Waals surface area contributed by atoms with E-state index in [0.29, 0.717) is 17.7 Å². The Bertz CT molecular complexity index is 1820. The molecule has 1 amide bonds. The molecule has 1 unspecified atom stereocenters. The number of hydrogen-bond acceptors (Lipinski definition) is 8. The largest absolute Gasteiger partial charge is 0.476 e. The van der Waals surface area contributed by atoms with Gasteiger partial charge in [-0.05, 0) is 36.8 Å². The second-order valence-electron chi connectivity index (χ2n) is 9.29. The number of rotatable bonds is 8. The highest BCUT2D eigenvalue weighted by Crippen LogP contribution is 2.31. The fraction of sp³-hybridized carbons (Fsp3) is 0.185. The molecular formula is C27H23ClN6O5S. The van der Waals surface area contributed by atoms with Gasteiger partial charge in [0, 0.05) is 31.3 Å². The molecule has 4 heterocycles. The van der Waals surface area contributed by atoms with Crippen molar-refractivity contribution in [1.29, 1.82) is 0 Å². The number of amides is 1. The molecule has 2 aromatic carbocycles. The number of aryl methyl sites for hydroxylation is 1. The van der Waals surface area contributed by atoms with Gasteiger partial charge in [0.2, 0.25) is 5.88 Å². The van der Waals surface area contributed by atoms with Gasteiger partial charge in [-0.3, -0.25) is 9.89 Å². The zero-order valence-electron chi connectivity index (χ0n) is 21.0. The summed E-state index contributed by atoms with van der Waals surface area (Å²) >= 11 is 6.32. The van der Waals surface area contributed by atoms with E-state index in [2.05, 4.69) is 29.5 Å². The lowest BCUT2D eigenvalue weighted by molar-refractivity contribution is 0.0979. The summed E-state index contributed by atoms with van der Waals surface area (Å²) in [6, 6.07) is 12.9. The number of H-pyrrole nitrogens is 1. The van der Waals surface area contributed by atoms with Crippen LogP contribution >= 0.6 is 11.6 Å². The molecule has 0 saturated carbocycles. The summed E-state index contributed by atoms with van der Waals surface area (Å²) in [4.78, 5) is 21.2. The van der Waals surface area contributed by atoms with Crippen LogP contribution in [0.2, 0.25) is 5.02 Å². The molecule has 0 radical (unpaired) electrons. The van der Waals surface area contributed by atoms with Crippen molar-refractivity contribution in [3.63, 3.8) is 0 Å². The Kier molecular flexibility index (Phi) is 6.86. The SMILES string of the molecule is O=C(NS(=O)(=O)c1cnc(OCC2CCc3nccn3C2)c(Cl)c1)c1ccccc1Oc1cccc2[nH]ncc12. The zero-order valence-corrected chi connectivity index (χ0v) is 22.5. The number of carbonyl (C=O) groups excluding carboxylic acids is 1. The van der Waals surface area contributed by atoms with Gasteiger partial charge in [0.15, 0.2) is 0 Å². The highest BCUT2D eigenvalue weighted by molar-refractivity contribution is 7.90. The van der Waals surface area contributed by atoms with Crippen LogP contribution in [0.4, 0.5) is 0 Å². The van der Waals surface area contributed by atoms with Crippen molar-refractivity contribution in [3.8, 4) is 17.4 Å². The molecule has 0 fully saturated rings. The minimum Gasteiger partial charge on any atom is -0.476 e. The quantitative estimate of drug-likeness (QED) is 0.277. The average Bonchev–Trinajstić information content (AvgIpc) is 3.62. The van der Waals surface area contributed by atoms with Gasteiger partial charge >= 0.3 is 0 Å². The van der Waals surface area contributed by atoms with Crippen molar-refractivity contribution < 1.29 is 22.7 Å². The third-order valence-corrected chi connectivity index (χ3v) is 8.17. The van der Waals surface area contributed by atoms with Crippen LogP contribution in [-0.2, 0) is 23.0 Å². The topological polar surface area (TPSA) is 141 Å². The highest BCUT2D eigenvalue weighted by atomic mass is 35.5. The summed E-state index contributed by atoms with van der Waals surface area (Å²) in [6.45, 7) is 1.14. The number of aromatic nitrogens is 5. The molecule has 2 N–H and O–H groups in total. The van der Waals surface area contributed by atoms with Crippen LogP contribution < -0.4 is 14.2 Å². The Hall–Kier alpha value is -4.42. The van der Waals surface area contributed by atoms with Gasteiger partial charge in [-0.1, -0.05) is 29.8 Å². The molecule has 11 nitrogen and oxygen atoms in total. The lowest BCUT2D eigenvalue weighted by atomic mass is 10.0. The Balaban J connectivity index is 1.14. The number of benzene rings is 2. The van der Waals surface area contributed by atoms with E-state index in [0.717, 1.165) is 36.9 Å². The number of sulfonamides is 1. The zero-order chi connectivity index (χ0) is 27.7. The highest BCUT2D eigenvalue weighted by Gasteiger charge is 2.24. The maximum atomic E-state index is 13.1. The van der Waals surface area contributed by atoms with Crippen LogP contribution in [0.1, 0.15) is 22.6 Å². The summed E-state index contributed by atoms with van der Waals surface area (Å²) in [7, 11) is -4.31. The van der Waals surface area contributed by atoms with E-state index in [1.807, 2.05) is 12.3 Å². The van der Waals surface area contributed by atoms with Gasteiger partial charge in [0.25, 0.3) is 15.9 Å². The first kappa shape index (κ1) is 25.8. The summed E-state index contributed by atoms with van der Waals surface area (Å²) in [5, 5.41) is 7.59. The van der Waals surface area contributed by atoms with Crippen molar-refractivity contribution in [2.45, 2.75) is 24.3 Å². The average molecular weight is 579 g/mol. The molecular weight excluding hydrogens is 556 g/mol. The molecule has 5 aromatic rings. The van der Waals surface area contributed by atoms with Crippen molar-refractivity contribution in [1.82, 2.24) is 29.5 Å². The second-order valence-corrected chi connectivity index (χ2v) is 11.4. The number of pyridine rings is 1. The molecule has 0 bridgehead atoms. The number of imidazole rings is 1. The Morgan fingerprint density at radius 3 is 2.85 bits per heavy atom. The van der Waals surface area contributed by atoms with E-state index in [4.69, 9.17) is 21.1 Å². The van der Waals surface area contributed by atoms with Gasteiger partial charge < -0.3 is 14.0 Å². The number of para-hydroxylation sites is 1. The van der Waals surface area contributed by atoms with Crippen LogP contribution in [0, 0.1) is 5.92 Å². The number of aromatic amines is 1. The predicted molar refractivity (Wildman–Crippen MR) is 146 cm³/mol. The fourth-order valence-corrected chi connectivity index (χ4v) is 5.78. The number of halogens is 1. The molecule has 204 valence electrons. The number of ether oxygens (including phenoxy) is 2. The first-order valence-corrected chi connectivity index (χ1v) is 14.3. The van der Waals surface area contributed by atoms with E-state index in [1.165, 1.54) is 12.1 Å². The standard InChI is InChI=1S/C27H23ClN6O5S/c28-21-12-18(13-30-27(21)38-16-17-8-9-25-29-10-11-34(25)15-17)40(36,37)33-26(35)19-4-1-2-6-23(19)39-24-7-3-5-22-20(24)14-31-32-22/h1-7,10-14,17H,8-9,15-16H2,(H,31,32)(H,33,35). The minimum absolute atomic E-state index is 0.0198. The van der Waals surface area contributed by atoms with Gasteiger partial charge in [0.05, 0.1) is 35.5 Å². The Labute approximate surface area is 234 Å². The van der Waals surface area contributed by atoms with Crippen LogP contribution in [0.5, 0.6) is 17.4 Å². The van der Waals surface area contributed by atoms with E-state index in [-0.39, 0.29) is 33.0 Å². The van der Waals surface area contributed by atoms with Crippen LogP contribution in [0.3, 0.4) is 0 Å². The molecule has 0 saturated heterocycles. The first-order valence-electron chi connectivity index (χ1n) is 12.4. The first-order chi connectivity index (χ1) is 19.4. The van der Waals surface area contributed by atoms with Crippen molar-refractivity contribution in [2.24, 2.45) is 5.92 Å². The van der Waals surface area contributed by atoms with Crippen molar-refractivity contribution >= 4 is 38.4 Å². The lowest BCUT2D eigenvalue weighted by Crippen LogP contribution is -2.31. The molecule has 3 aromatic heterocycles. The second kappa shape index (κ2) is 10.6. The molecule has 6 rings (SSSR count). The number of carbonyl (C=O) groups is 1. The fourth-order valence-electron chi connectivity index (χ4n) is 4.56. The van der Waals surface area contributed by atoms with Gasteiger partial charge in [0.1, 0.15) is 27.2 Å². The maximum absolute atomic E-state index is 13.1. The number of fused-ring (bicyclic) bond motifs is 2. The molecule has 0 spiro atoms. The number of hydrogen-bond donors (Lipinski definition) is 2. The van der Waals surface area contributed by atoms with Gasteiger partial charge in [-0.25, -0.2) is 23.1 Å². The molecule has 40 heavy (non-hydrogen) atoms. The van der Waals surface area contributed by atoms with E-state index in [1.54, 1.807) is 42.7 Å². The molecule has 1 aliphatic rings. The Morgan fingerprint density at radius 2 is 1.98 bits per heavy atom. The van der Waals surface area contributed by atoms with Gasteiger partial charge in [-0.15, -0.1) is 0 Å². The molecule has 13 heteroatoms. The lowest BCUT2D eigenvalue weighted by Gasteiger charge is -2.23. The Morgan fingerprint density at radius 1 is 1.12 bits per heavy atom. The normalized spacial score (nSPS) is 15.0. The third-order valence-electron chi connectivity index (χ3n) is 6.60. The van der Waals surface area contributed by atoms with E-state index < -0.39 is 15.9 Å². The smallest absolute Gasteiger partial charge is 0.268 e. The summed E-state index contributed by atoms with van der Waals surface area (Å²) in [5.41, 5.74) is 0.781. The number of nitrogens with zero attached hydrogens (tertiary/aromatic N) is 4. The minimum atomic E-state index is -4.31. The summed E-state index contributed by atoms with van der Waals surface area (Å²) in [5.74, 6) is 1.17. The molecule has 1 atom stereocenters. The number of nitrogens with one attached hydrogen (secondary N) is 2. The van der Waals surface area contributed by atoms with Crippen LogP contribution in [0.25, 0.3) is 10.9 Å². The van der Waals surface area contributed by atoms with Crippen LogP contribution in [-0.4, -0.2) is 45.7 Å². The van der Waals surface area contributed by atoms with Crippen molar-refractivity contribution in [2.75, 3.05) is 6.61 Å². The summed E-state index contributed by atoms with van der Waals surface area (Å²) < 4.78 is 42.0.